The first kappa shape index (κ1) is 20.8. The minimum Gasteiger partial charge on any atom is -0.385 e. The Morgan fingerprint density at radius 2 is 1.88 bits per heavy atom. The number of hydrogen-bond donors (Lipinski definition) is 0. The Bertz CT molecular complexity index is 1180. The Kier molecular flexibility index (Phi) is 5.76. The van der Waals surface area contributed by atoms with E-state index in [4.69, 9.17) is 14.2 Å². The first-order valence-electron chi connectivity index (χ1n) is 11.2. The number of ether oxygens (including phenoxy) is 1. The first-order chi connectivity index (χ1) is 15.7. The Morgan fingerprint density at radius 1 is 1.09 bits per heavy atom. The maximum absolute atomic E-state index is 5.64. The molecule has 0 amide bonds. The standard InChI is InChI=1S/C25H29N5O2/c1-29-17-20(21-5-3-4-6-22(21)29)18-30-14-9-25(10-15-30,11-16-31-2)24-27-23(32-28-24)19-7-12-26-13-8-19/h3-8,12-13,17H,9-11,14-16,18H2,1-2H3. The number of nitrogens with zero attached hydrogens (tertiary/aromatic N) is 5. The van der Waals surface area contributed by atoms with Gasteiger partial charge in [-0.3, -0.25) is 9.88 Å². The van der Waals surface area contributed by atoms with Crippen molar-refractivity contribution < 1.29 is 9.26 Å². The van der Waals surface area contributed by atoms with Crippen molar-refractivity contribution in [1.82, 2.24) is 24.6 Å². The van der Waals surface area contributed by atoms with Crippen LogP contribution in [-0.4, -0.2) is 51.4 Å². The fourth-order valence-corrected chi connectivity index (χ4v) is 4.87. The second-order valence-electron chi connectivity index (χ2n) is 8.74. The SMILES string of the molecule is COCCC1(c2noc(-c3ccncc3)n2)CCN(Cc2cn(C)c3ccccc23)CC1. The summed E-state index contributed by atoms with van der Waals surface area (Å²) in [4.78, 5) is 11.4. The van der Waals surface area contributed by atoms with Gasteiger partial charge < -0.3 is 13.8 Å². The van der Waals surface area contributed by atoms with Gasteiger partial charge in [0.15, 0.2) is 5.82 Å². The number of aromatic nitrogens is 4. The van der Waals surface area contributed by atoms with E-state index in [1.807, 2.05) is 12.1 Å². The van der Waals surface area contributed by atoms with Crippen LogP contribution in [0.25, 0.3) is 22.4 Å². The summed E-state index contributed by atoms with van der Waals surface area (Å²) >= 11 is 0. The second-order valence-corrected chi connectivity index (χ2v) is 8.74. The molecular weight excluding hydrogens is 402 g/mol. The highest BCUT2D eigenvalue weighted by Gasteiger charge is 2.40. The van der Waals surface area contributed by atoms with E-state index in [9.17, 15) is 0 Å². The van der Waals surface area contributed by atoms with Gasteiger partial charge in [-0.15, -0.1) is 0 Å². The maximum Gasteiger partial charge on any atom is 0.258 e. The minimum absolute atomic E-state index is 0.125. The molecule has 7 heteroatoms. The highest BCUT2D eigenvalue weighted by atomic mass is 16.5. The number of para-hydroxylation sites is 1. The number of hydrogen-bond acceptors (Lipinski definition) is 6. The third kappa shape index (κ3) is 3.94. The van der Waals surface area contributed by atoms with Gasteiger partial charge in [0.25, 0.3) is 5.89 Å². The second kappa shape index (κ2) is 8.84. The predicted molar refractivity (Wildman–Crippen MR) is 123 cm³/mol. The van der Waals surface area contributed by atoms with E-state index < -0.39 is 0 Å². The quantitative estimate of drug-likeness (QED) is 0.437. The van der Waals surface area contributed by atoms with Crippen LogP contribution in [0.1, 0.15) is 30.7 Å². The predicted octanol–water partition coefficient (Wildman–Crippen LogP) is 4.19. The van der Waals surface area contributed by atoms with Crippen molar-refractivity contribution in [2.75, 3.05) is 26.8 Å². The van der Waals surface area contributed by atoms with Crippen molar-refractivity contribution in [1.29, 1.82) is 0 Å². The largest absolute Gasteiger partial charge is 0.385 e. The van der Waals surface area contributed by atoms with Gasteiger partial charge in [0.2, 0.25) is 0 Å². The van der Waals surface area contributed by atoms with Gasteiger partial charge in [0, 0.05) is 67.8 Å². The summed E-state index contributed by atoms with van der Waals surface area (Å²) in [6.07, 6.45) is 8.60. The zero-order valence-electron chi connectivity index (χ0n) is 18.7. The molecule has 0 radical (unpaired) electrons. The molecule has 7 nitrogen and oxygen atoms in total. The summed E-state index contributed by atoms with van der Waals surface area (Å²) in [5.41, 5.74) is 3.44. The molecule has 166 valence electrons. The van der Waals surface area contributed by atoms with E-state index in [1.54, 1.807) is 19.5 Å². The van der Waals surface area contributed by atoms with Crippen LogP contribution in [0.3, 0.4) is 0 Å². The van der Waals surface area contributed by atoms with Crippen molar-refractivity contribution in [3.63, 3.8) is 0 Å². The lowest BCUT2D eigenvalue weighted by Crippen LogP contribution is -2.43. The highest BCUT2D eigenvalue weighted by Crippen LogP contribution is 2.38. The molecule has 0 bridgehead atoms. The number of benzene rings is 1. The highest BCUT2D eigenvalue weighted by molar-refractivity contribution is 5.83. The van der Waals surface area contributed by atoms with E-state index in [1.165, 1.54) is 16.5 Å². The van der Waals surface area contributed by atoms with Gasteiger partial charge >= 0.3 is 0 Å². The molecule has 1 saturated heterocycles. The van der Waals surface area contributed by atoms with Gasteiger partial charge in [-0.2, -0.15) is 4.98 Å². The van der Waals surface area contributed by atoms with E-state index in [-0.39, 0.29) is 5.41 Å². The van der Waals surface area contributed by atoms with Crippen LogP contribution in [-0.2, 0) is 23.7 Å². The van der Waals surface area contributed by atoms with Crippen LogP contribution in [0.2, 0.25) is 0 Å². The van der Waals surface area contributed by atoms with Gasteiger partial charge in [-0.1, -0.05) is 23.4 Å². The number of fused-ring (bicyclic) bond motifs is 1. The average molecular weight is 432 g/mol. The van der Waals surface area contributed by atoms with Gasteiger partial charge in [-0.05, 0) is 56.1 Å². The molecule has 4 aromatic rings. The van der Waals surface area contributed by atoms with Crippen LogP contribution < -0.4 is 0 Å². The number of aryl methyl sites for hydroxylation is 1. The van der Waals surface area contributed by atoms with E-state index in [0.29, 0.717) is 12.5 Å². The van der Waals surface area contributed by atoms with E-state index in [0.717, 1.165) is 50.3 Å². The minimum atomic E-state index is -0.125. The Hall–Kier alpha value is -3.03. The van der Waals surface area contributed by atoms with Crippen molar-refractivity contribution >= 4 is 10.9 Å². The fraction of sp³-hybridized carbons (Fsp3) is 0.400. The monoisotopic (exact) mass is 431 g/mol. The van der Waals surface area contributed by atoms with Crippen LogP contribution >= 0.6 is 0 Å². The van der Waals surface area contributed by atoms with Gasteiger partial charge in [-0.25, -0.2) is 0 Å². The Labute approximate surface area is 188 Å². The van der Waals surface area contributed by atoms with Crippen molar-refractivity contribution in [2.24, 2.45) is 7.05 Å². The molecule has 0 atom stereocenters. The Morgan fingerprint density at radius 3 is 2.66 bits per heavy atom. The number of rotatable bonds is 7. The zero-order valence-corrected chi connectivity index (χ0v) is 18.7. The third-order valence-corrected chi connectivity index (χ3v) is 6.80. The molecule has 5 rings (SSSR count). The molecule has 0 spiro atoms. The molecule has 1 fully saturated rings. The number of pyridine rings is 1. The van der Waals surface area contributed by atoms with Crippen LogP contribution in [0, 0.1) is 0 Å². The van der Waals surface area contributed by atoms with Gasteiger partial charge in [0.1, 0.15) is 0 Å². The molecule has 0 N–H and O–H groups in total. The lowest BCUT2D eigenvalue weighted by molar-refractivity contribution is 0.103. The molecule has 0 aliphatic carbocycles. The molecular formula is C25H29N5O2. The lowest BCUT2D eigenvalue weighted by Gasteiger charge is -2.39. The summed E-state index contributed by atoms with van der Waals surface area (Å²) in [6.45, 7) is 3.62. The summed E-state index contributed by atoms with van der Waals surface area (Å²) in [5.74, 6) is 1.35. The number of piperidine rings is 1. The van der Waals surface area contributed by atoms with Crippen molar-refractivity contribution in [3.05, 3.63) is 66.4 Å². The Balaban J connectivity index is 1.34. The molecule has 1 aliphatic rings. The van der Waals surface area contributed by atoms with E-state index in [2.05, 4.69) is 57.1 Å². The molecule has 0 saturated carbocycles. The van der Waals surface area contributed by atoms with E-state index >= 15 is 0 Å². The summed E-state index contributed by atoms with van der Waals surface area (Å²) in [6, 6.07) is 12.4. The van der Waals surface area contributed by atoms with Crippen LogP contribution in [0.5, 0.6) is 0 Å². The molecule has 0 unspecified atom stereocenters. The molecule has 4 heterocycles. The topological polar surface area (TPSA) is 69.2 Å². The third-order valence-electron chi connectivity index (χ3n) is 6.80. The molecule has 1 aromatic carbocycles. The first-order valence-corrected chi connectivity index (χ1v) is 11.2. The smallest absolute Gasteiger partial charge is 0.258 e. The van der Waals surface area contributed by atoms with Crippen LogP contribution in [0.15, 0.2) is 59.5 Å². The molecule has 32 heavy (non-hydrogen) atoms. The molecule has 1 aliphatic heterocycles. The van der Waals surface area contributed by atoms with Crippen molar-refractivity contribution in [2.45, 2.75) is 31.2 Å². The summed E-state index contributed by atoms with van der Waals surface area (Å²) in [5, 5.41) is 5.75. The zero-order chi connectivity index (χ0) is 22.0. The van der Waals surface area contributed by atoms with Gasteiger partial charge in [0.05, 0.1) is 0 Å². The summed E-state index contributed by atoms with van der Waals surface area (Å²) in [7, 11) is 3.87. The van der Waals surface area contributed by atoms with Crippen molar-refractivity contribution in [3.8, 4) is 11.5 Å². The number of methoxy groups -OCH3 is 1. The summed E-state index contributed by atoms with van der Waals surface area (Å²) < 4.78 is 13.3. The normalized spacial score (nSPS) is 16.6. The van der Waals surface area contributed by atoms with Crippen LogP contribution in [0.4, 0.5) is 0 Å². The maximum atomic E-state index is 5.64. The lowest BCUT2D eigenvalue weighted by atomic mass is 9.75. The number of likely N-dealkylation sites (tertiary alicyclic amines) is 1. The average Bonchev–Trinajstić information content (AvgIpc) is 3.46. The fourth-order valence-electron chi connectivity index (χ4n) is 4.87. The molecule has 3 aromatic heterocycles.